The third-order valence-corrected chi connectivity index (χ3v) is 6.15. The standard InChI is InChI=1S/C19H32N4O2S/c1-4-17(25-12-1)6-8-21-19(22-16-18-5-2-15-26-18)20-7-3-9-23-10-13-24-14-11-23/h1,4,12,18H,2-3,5-11,13-16H2,(H2,20,21,22). The zero-order valence-corrected chi connectivity index (χ0v) is 16.4. The molecule has 0 amide bonds. The van der Waals surface area contributed by atoms with Gasteiger partial charge in [0.25, 0.3) is 0 Å². The van der Waals surface area contributed by atoms with Crippen LogP contribution in [-0.4, -0.2) is 74.3 Å². The Morgan fingerprint density at radius 1 is 1.27 bits per heavy atom. The highest BCUT2D eigenvalue weighted by atomic mass is 32.2. The van der Waals surface area contributed by atoms with E-state index in [0.29, 0.717) is 5.25 Å². The number of hydrogen-bond donors (Lipinski definition) is 2. The lowest BCUT2D eigenvalue weighted by atomic mass is 10.2. The van der Waals surface area contributed by atoms with Crippen LogP contribution in [0.25, 0.3) is 0 Å². The monoisotopic (exact) mass is 380 g/mol. The Labute approximate surface area is 161 Å². The number of rotatable bonds is 9. The van der Waals surface area contributed by atoms with Gasteiger partial charge in [-0.2, -0.15) is 11.8 Å². The summed E-state index contributed by atoms with van der Waals surface area (Å²) < 4.78 is 10.8. The van der Waals surface area contributed by atoms with Gasteiger partial charge in [0.2, 0.25) is 0 Å². The quantitative estimate of drug-likeness (QED) is 0.388. The molecule has 1 aromatic heterocycles. The minimum absolute atomic E-state index is 0.687. The Kier molecular flexibility index (Phi) is 8.67. The molecule has 26 heavy (non-hydrogen) atoms. The maximum Gasteiger partial charge on any atom is 0.191 e. The van der Waals surface area contributed by atoms with Crippen LogP contribution in [0.15, 0.2) is 27.8 Å². The Morgan fingerprint density at radius 2 is 2.15 bits per heavy atom. The topological polar surface area (TPSA) is 62.0 Å². The number of guanidine groups is 1. The Hall–Kier alpha value is -1.18. The van der Waals surface area contributed by atoms with Crippen LogP contribution in [0.4, 0.5) is 0 Å². The Morgan fingerprint density at radius 3 is 2.92 bits per heavy atom. The van der Waals surface area contributed by atoms with Gasteiger partial charge in [0, 0.05) is 37.8 Å². The van der Waals surface area contributed by atoms with E-state index in [0.717, 1.165) is 77.0 Å². The van der Waals surface area contributed by atoms with E-state index in [9.17, 15) is 0 Å². The zero-order valence-electron chi connectivity index (χ0n) is 15.6. The number of aliphatic imine (C=N–C) groups is 1. The molecule has 0 radical (unpaired) electrons. The summed E-state index contributed by atoms with van der Waals surface area (Å²) in [5, 5.41) is 7.65. The Bertz CT molecular complexity index is 512. The first-order valence-corrected chi connectivity index (χ1v) is 10.9. The largest absolute Gasteiger partial charge is 0.469 e. The molecule has 0 spiro atoms. The molecule has 0 aliphatic carbocycles. The van der Waals surface area contributed by atoms with E-state index in [4.69, 9.17) is 14.1 Å². The molecular formula is C19H32N4O2S. The van der Waals surface area contributed by atoms with Gasteiger partial charge in [-0.25, -0.2) is 0 Å². The number of morpholine rings is 1. The van der Waals surface area contributed by atoms with Gasteiger partial charge in [-0.3, -0.25) is 9.89 Å². The van der Waals surface area contributed by atoms with Crippen LogP contribution in [0.5, 0.6) is 0 Å². The molecule has 2 aliphatic heterocycles. The lowest BCUT2D eigenvalue weighted by Crippen LogP contribution is -2.41. The summed E-state index contributed by atoms with van der Waals surface area (Å²) in [5.41, 5.74) is 0. The second-order valence-electron chi connectivity index (χ2n) is 6.81. The van der Waals surface area contributed by atoms with Gasteiger partial charge in [0.1, 0.15) is 5.76 Å². The molecule has 2 fully saturated rings. The molecule has 7 heteroatoms. The molecular weight excluding hydrogens is 348 g/mol. The second-order valence-corrected chi connectivity index (χ2v) is 8.22. The fourth-order valence-electron chi connectivity index (χ4n) is 3.25. The molecule has 1 aromatic rings. The number of furan rings is 1. The lowest BCUT2D eigenvalue weighted by Gasteiger charge is -2.26. The van der Waals surface area contributed by atoms with E-state index in [1.165, 1.54) is 18.6 Å². The van der Waals surface area contributed by atoms with Crippen molar-refractivity contribution in [2.24, 2.45) is 4.99 Å². The average molecular weight is 381 g/mol. The lowest BCUT2D eigenvalue weighted by molar-refractivity contribution is 0.0376. The third-order valence-electron chi connectivity index (χ3n) is 4.77. The third kappa shape index (κ3) is 7.21. The molecule has 0 aromatic carbocycles. The van der Waals surface area contributed by atoms with Crippen LogP contribution in [-0.2, 0) is 11.2 Å². The molecule has 3 rings (SSSR count). The van der Waals surface area contributed by atoms with E-state index in [1.54, 1.807) is 6.26 Å². The molecule has 2 aliphatic rings. The normalized spacial score (nSPS) is 21.8. The first-order chi connectivity index (χ1) is 12.9. The van der Waals surface area contributed by atoms with Crippen molar-refractivity contribution in [2.75, 3.05) is 58.2 Å². The summed E-state index contributed by atoms with van der Waals surface area (Å²) in [7, 11) is 0. The first kappa shape index (κ1) is 19.6. The minimum atomic E-state index is 0.687. The molecule has 146 valence electrons. The van der Waals surface area contributed by atoms with E-state index >= 15 is 0 Å². The minimum Gasteiger partial charge on any atom is -0.469 e. The number of thioether (sulfide) groups is 1. The maximum absolute atomic E-state index is 5.40. The fraction of sp³-hybridized carbons (Fsp3) is 0.737. The van der Waals surface area contributed by atoms with E-state index in [1.807, 2.05) is 12.1 Å². The highest BCUT2D eigenvalue weighted by Gasteiger charge is 2.15. The molecule has 2 N–H and O–H groups in total. The van der Waals surface area contributed by atoms with Gasteiger partial charge in [-0.1, -0.05) is 0 Å². The van der Waals surface area contributed by atoms with E-state index < -0.39 is 0 Å². The highest BCUT2D eigenvalue weighted by Crippen LogP contribution is 2.25. The van der Waals surface area contributed by atoms with Crippen molar-refractivity contribution in [1.29, 1.82) is 0 Å². The van der Waals surface area contributed by atoms with Crippen LogP contribution in [0.3, 0.4) is 0 Å². The summed E-state index contributed by atoms with van der Waals surface area (Å²) in [6.07, 6.45) is 6.35. The van der Waals surface area contributed by atoms with Crippen molar-refractivity contribution >= 4 is 17.7 Å². The van der Waals surface area contributed by atoms with Gasteiger partial charge in [-0.15, -0.1) is 0 Å². The zero-order chi connectivity index (χ0) is 17.9. The van der Waals surface area contributed by atoms with Crippen LogP contribution >= 0.6 is 11.8 Å². The number of hydrogen-bond acceptors (Lipinski definition) is 5. The molecule has 0 saturated carbocycles. The van der Waals surface area contributed by atoms with Gasteiger partial charge in [0.05, 0.1) is 26.0 Å². The van der Waals surface area contributed by atoms with Crippen LogP contribution in [0.2, 0.25) is 0 Å². The van der Waals surface area contributed by atoms with Crippen molar-refractivity contribution in [3.05, 3.63) is 24.2 Å². The predicted octanol–water partition coefficient (Wildman–Crippen LogP) is 1.98. The maximum atomic E-state index is 5.40. The average Bonchev–Trinajstić information content (AvgIpc) is 3.37. The van der Waals surface area contributed by atoms with Crippen molar-refractivity contribution in [3.8, 4) is 0 Å². The molecule has 6 nitrogen and oxygen atoms in total. The second kappa shape index (κ2) is 11.5. The van der Waals surface area contributed by atoms with Crippen molar-refractivity contribution in [3.63, 3.8) is 0 Å². The van der Waals surface area contributed by atoms with Crippen molar-refractivity contribution < 1.29 is 9.15 Å². The van der Waals surface area contributed by atoms with Crippen molar-refractivity contribution in [1.82, 2.24) is 15.5 Å². The van der Waals surface area contributed by atoms with Gasteiger partial charge in [0.15, 0.2) is 5.96 Å². The Balaban J connectivity index is 1.38. The van der Waals surface area contributed by atoms with Gasteiger partial charge in [-0.05, 0) is 43.7 Å². The summed E-state index contributed by atoms with van der Waals surface area (Å²) >= 11 is 2.06. The number of ether oxygens (including phenoxy) is 1. The SMILES string of the molecule is c1coc(CCNC(=NCC2CCCS2)NCCCN2CCOCC2)c1. The fourth-order valence-corrected chi connectivity index (χ4v) is 4.43. The number of nitrogens with one attached hydrogen (secondary N) is 2. The predicted molar refractivity (Wildman–Crippen MR) is 108 cm³/mol. The molecule has 1 atom stereocenters. The van der Waals surface area contributed by atoms with Gasteiger partial charge < -0.3 is 19.8 Å². The first-order valence-electron chi connectivity index (χ1n) is 9.86. The molecule has 3 heterocycles. The highest BCUT2D eigenvalue weighted by molar-refractivity contribution is 8.00. The van der Waals surface area contributed by atoms with E-state index in [2.05, 4.69) is 27.3 Å². The summed E-state index contributed by atoms with van der Waals surface area (Å²) in [6.45, 7) is 7.66. The molecule has 1 unspecified atom stereocenters. The van der Waals surface area contributed by atoms with E-state index in [-0.39, 0.29) is 0 Å². The summed E-state index contributed by atoms with van der Waals surface area (Å²) in [5.74, 6) is 3.23. The number of nitrogens with zero attached hydrogens (tertiary/aromatic N) is 2. The molecule has 0 bridgehead atoms. The molecule has 2 saturated heterocycles. The summed E-state index contributed by atoms with van der Waals surface area (Å²) in [6, 6.07) is 3.95. The van der Waals surface area contributed by atoms with Crippen LogP contribution in [0.1, 0.15) is 25.0 Å². The van der Waals surface area contributed by atoms with Crippen LogP contribution in [0, 0.1) is 0 Å². The smallest absolute Gasteiger partial charge is 0.191 e. The van der Waals surface area contributed by atoms with Crippen LogP contribution < -0.4 is 10.6 Å². The van der Waals surface area contributed by atoms with Crippen molar-refractivity contribution in [2.45, 2.75) is 30.9 Å². The summed E-state index contributed by atoms with van der Waals surface area (Å²) in [4.78, 5) is 7.29. The van der Waals surface area contributed by atoms with Gasteiger partial charge >= 0.3 is 0 Å².